The highest BCUT2D eigenvalue weighted by Crippen LogP contribution is 2.30. The number of nitrogens with zero attached hydrogens (tertiary/aromatic N) is 6. The molecule has 4 aromatic rings. The number of unbranched alkanes of at least 4 members (excludes halogenated alkanes) is 1. The summed E-state index contributed by atoms with van der Waals surface area (Å²) in [6, 6.07) is 5.25. The highest BCUT2D eigenvalue weighted by atomic mass is 19.1. The van der Waals surface area contributed by atoms with E-state index in [4.69, 9.17) is 9.72 Å². The first-order chi connectivity index (χ1) is 21.4. The largest absolute Gasteiger partial charge is 0.460 e. The second-order valence-electron chi connectivity index (χ2n) is 12.3. The molecule has 5 rings (SSSR count). The summed E-state index contributed by atoms with van der Waals surface area (Å²) in [5.74, 6) is -0.211. The number of aryl methyl sites for hydroxylation is 1. The highest BCUT2D eigenvalue weighted by molar-refractivity contribution is 5.89. The van der Waals surface area contributed by atoms with Gasteiger partial charge in [-0.05, 0) is 59.4 Å². The van der Waals surface area contributed by atoms with Gasteiger partial charge in [-0.3, -0.25) is 14.7 Å². The SMILES string of the molecule is Cc1cc(Nc2nc(NCc3ccc(F)cc3F)nc3c2cnn3C2CCN(C(=O)CCCCC(=O)OC(C)(C)C)CC2)n[nH]1. The number of fused-ring (bicyclic) bond motifs is 1. The Morgan fingerprint density at radius 2 is 1.84 bits per heavy atom. The first kappa shape index (κ1) is 31.8. The molecule has 1 aliphatic rings. The number of aromatic nitrogens is 6. The summed E-state index contributed by atoms with van der Waals surface area (Å²) in [4.78, 5) is 36.0. The molecule has 3 aromatic heterocycles. The van der Waals surface area contributed by atoms with E-state index in [9.17, 15) is 18.4 Å². The molecule has 1 aliphatic heterocycles. The van der Waals surface area contributed by atoms with Crippen LogP contribution in [0, 0.1) is 18.6 Å². The number of carbonyl (C=O) groups excluding carboxylic acids is 2. The van der Waals surface area contributed by atoms with Crippen molar-refractivity contribution < 1.29 is 23.1 Å². The molecule has 240 valence electrons. The predicted octanol–water partition coefficient (Wildman–Crippen LogP) is 5.56. The summed E-state index contributed by atoms with van der Waals surface area (Å²) in [6.45, 7) is 8.60. The number of rotatable bonds is 11. The van der Waals surface area contributed by atoms with Crippen LogP contribution in [0.15, 0.2) is 30.5 Å². The number of aromatic amines is 1. The molecule has 12 nitrogen and oxygen atoms in total. The quantitative estimate of drug-likeness (QED) is 0.145. The van der Waals surface area contributed by atoms with Gasteiger partial charge in [0.1, 0.15) is 23.1 Å². The first-order valence-electron chi connectivity index (χ1n) is 15.2. The van der Waals surface area contributed by atoms with E-state index in [-0.39, 0.29) is 36.0 Å². The molecule has 0 radical (unpaired) electrons. The molecule has 0 saturated carbocycles. The third-order valence-corrected chi connectivity index (χ3v) is 7.46. The molecule has 1 aromatic carbocycles. The van der Waals surface area contributed by atoms with Gasteiger partial charge in [-0.15, -0.1) is 0 Å². The number of halogens is 2. The van der Waals surface area contributed by atoms with Crippen LogP contribution in [0.1, 0.15) is 76.6 Å². The van der Waals surface area contributed by atoms with Gasteiger partial charge >= 0.3 is 5.97 Å². The van der Waals surface area contributed by atoms with Crippen LogP contribution in [0.2, 0.25) is 0 Å². The average molecular weight is 624 g/mol. The Balaban J connectivity index is 1.25. The monoisotopic (exact) mass is 623 g/mol. The normalized spacial score (nSPS) is 14.1. The van der Waals surface area contributed by atoms with Crippen molar-refractivity contribution in [3.05, 3.63) is 53.4 Å². The lowest BCUT2D eigenvalue weighted by atomic mass is 10.0. The number of H-pyrrole nitrogens is 1. The summed E-state index contributed by atoms with van der Waals surface area (Å²) in [6.07, 6.45) is 4.99. The average Bonchev–Trinajstić information content (AvgIpc) is 3.60. The summed E-state index contributed by atoms with van der Waals surface area (Å²) in [5, 5.41) is 18.7. The standard InChI is InChI=1S/C31H39F2N9O3/c1-19-15-25(40-39-19)36-28-23-18-35-42(29(23)38-30(37-28)34-17-20-9-10-21(32)16-24(20)33)22-11-13-41(14-12-22)26(43)7-5-6-8-27(44)45-31(2,3)4/h9-10,15-16,18,22H,5-8,11-14,17H2,1-4H3,(H3,34,36,37,38,39,40). The molecule has 0 atom stereocenters. The Bertz CT molecular complexity index is 1660. The maximum absolute atomic E-state index is 14.3. The molecule has 1 fully saturated rings. The van der Waals surface area contributed by atoms with Gasteiger partial charge in [0.25, 0.3) is 0 Å². The van der Waals surface area contributed by atoms with Crippen LogP contribution in [0.3, 0.4) is 0 Å². The second-order valence-corrected chi connectivity index (χ2v) is 12.3. The maximum Gasteiger partial charge on any atom is 0.306 e. The van der Waals surface area contributed by atoms with Gasteiger partial charge in [0, 0.05) is 55.9 Å². The van der Waals surface area contributed by atoms with Gasteiger partial charge in [0.2, 0.25) is 11.9 Å². The molecule has 0 bridgehead atoms. The molecule has 0 unspecified atom stereocenters. The lowest BCUT2D eigenvalue weighted by Gasteiger charge is -2.32. The van der Waals surface area contributed by atoms with Crippen LogP contribution in [0.4, 0.5) is 26.4 Å². The van der Waals surface area contributed by atoms with E-state index in [1.807, 2.05) is 43.3 Å². The number of amides is 1. The number of carbonyl (C=O) groups is 2. The minimum Gasteiger partial charge on any atom is -0.460 e. The van der Waals surface area contributed by atoms with E-state index < -0.39 is 17.2 Å². The van der Waals surface area contributed by atoms with Crippen LogP contribution in [0.25, 0.3) is 11.0 Å². The number of ether oxygens (including phenoxy) is 1. The van der Waals surface area contributed by atoms with Crippen molar-refractivity contribution in [2.45, 2.75) is 84.4 Å². The smallest absolute Gasteiger partial charge is 0.306 e. The number of piperidine rings is 1. The van der Waals surface area contributed by atoms with Crippen molar-refractivity contribution in [2.75, 3.05) is 23.7 Å². The molecule has 0 spiro atoms. The lowest BCUT2D eigenvalue weighted by molar-refractivity contribution is -0.155. The third-order valence-electron chi connectivity index (χ3n) is 7.46. The minimum atomic E-state index is -0.664. The van der Waals surface area contributed by atoms with Gasteiger partial charge in [0.15, 0.2) is 11.5 Å². The first-order valence-corrected chi connectivity index (χ1v) is 15.2. The van der Waals surface area contributed by atoms with Gasteiger partial charge in [-0.2, -0.15) is 20.2 Å². The van der Waals surface area contributed by atoms with E-state index in [1.165, 1.54) is 12.1 Å². The number of esters is 1. The number of hydrogen-bond donors (Lipinski definition) is 3. The molecule has 45 heavy (non-hydrogen) atoms. The minimum absolute atomic E-state index is 0.00325. The number of hydrogen-bond acceptors (Lipinski definition) is 9. The van der Waals surface area contributed by atoms with Crippen LogP contribution in [-0.2, 0) is 20.9 Å². The number of anilines is 3. The summed E-state index contributed by atoms with van der Waals surface area (Å²) in [7, 11) is 0. The zero-order valence-electron chi connectivity index (χ0n) is 26.0. The predicted molar refractivity (Wildman–Crippen MR) is 165 cm³/mol. The molecule has 4 heterocycles. The lowest BCUT2D eigenvalue weighted by Crippen LogP contribution is -2.39. The molecule has 0 aliphatic carbocycles. The summed E-state index contributed by atoms with van der Waals surface area (Å²) < 4.78 is 34.9. The molecule has 3 N–H and O–H groups in total. The van der Waals surface area contributed by atoms with Gasteiger partial charge < -0.3 is 20.3 Å². The Hall–Kier alpha value is -4.62. The van der Waals surface area contributed by atoms with E-state index in [0.29, 0.717) is 74.3 Å². The van der Waals surface area contributed by atoms with E-state index in [2.05, 4.69) is 30.9 Å². The number of likely N-dealkylation sites (tertiary alicyclic amines) is 1. The molecular formula is C31H39F2N9O3. The van der Waals surface area contributed by atoms with Crippen molar-refractivity contribution in [2.24, 2.45) is 0 Å². The van der Waals surface area contributed by atoms with Crippen LogP contribution in [0.5, 0.6) is 0 Å². The van der Waals surface area contributed by atoms with E-state index in [1.54, 1.807) is 6.20 Å². The van der Waals surface area contributed by atoms with Crippen molar-refractivity contribution in [3.8, 4) is 0 Å². The molecule has 1 saturated heterocycles. The Morgan fingerprint density at radius 1 is 1.09 bits per heavy atom. The fourth-order valence-corrected chi connectivity index (χ4v) is 5.27. The van der Waals surface area contributed by atoms with Crippen molar-refractivity contribution in [1.29, 1.82) is 0 Å². The Kier molecular flexibility index (Phi) is 9.59. The van der Waals surface area contributed by atoms with Crippen molar-refractivity contribution >= 4 is 40.5 Å². The topological polar surface area (TPSA) is 143 Å². The summed E-state index contributed by atoms with van der Waals surface area (Å²) in [5.41, 5.74) is 1.20. The van der Waals surface area contributed by atoms with Crippen LogP contribution in [-0.4, -0.2) is 65.4 Å². The van der Waals surface area contributed by atoms with Crippen molar-refractivity contribution in [3.63, 3.8) is 0 Å². The fraction of sp³-hybridized carbons (Fsp3) is 0.484. The van der Waals surface area contributed by atoms with Crippen LogP contribution < -0.4 is 10.6 Å². The number of benzene rings is 1. The Morgan fingerprint density at radius 3 is 2.53 bits per heavy atom. The van der Waals surface area contributed by atoms with E-state index >= 15 is 0 Å². The fourth-order valence-electron chi connectivity index (χ4n) is 5.27. The molecule has 1 amide bonds. The van der Waals surface area contributed by atoms with Gasteiger partial charge in [0.05, 0.1) is 17.6 Å². The summed E-state index contributed by atoms with van der Waals surface area (Å²) >= 11 is 0. The van der Waals surface area contributed by atoms with Crippen molar-refractivity contribution in [1.82, 2.24) is 34.8 Å². The molecular weight excluding hydrogens is 584 g/mol. The maximum atomic E-state index is 14.3. The second kappa shape index (κ2) is 13.6. The zero-order chi connectivity index (χ0) is 32.1. The van der Waals surface area contributed by atoms with E-state index in [0.717, 1.165) is 11.8 Å². The van der Waals surface area contributed by atoms with Crippen LogP contribution >= 0.6 is 0 Å². The third kappa shape index (κ3) is 8.31. The zero-order valence-corrected chi connectivity index (χ0v) is 26.0. The van der Waals surface area contributed by atoms with Gasteiger partial charge in [-0.25, -0.2) is 13.5 Å². The number of nitrogens with one attached hydrogen (secondary N) is 3. The molecule has 14 heteroatoms. The highest BCUT2D eigenvalue weighted by Gasteiger charge is 2.27. The Labute approximate surface area is 259 Å². The van der Waals surface area contributed by atoms with Gasteiger partial charge in [-0.1, -0.05) is 6.07 Å².